The Morgan fingerprint density at radius 1 is 0.857 bits per heavy atom. The van der Waals surface area contributed by atoms with Crippen LogP contribution in [0, 0.1) is 0 Å². The molecule has 0 heterocycles. The van der Waals surface area contributed by atoms with Gasteiger partial charge in [-0.3, -0.25) is 0 Å². The van der Waals surface area contributed by atoms with Gasteiger partial charge in [-0.1, -0.05) is 0 Å². The van der Waals surface area contributed by atoms with Crippen LogP contribution >= 0.6 is 0 Å². The van der Waals surface area contributed by atoms with Crippen LogP contribution in [0.5, 0.6) is 0 Å². The Kier molecular flexibility index (Phi) is 4.10. The van der Waals surface area contributed by atoms with Gasteiger partial charge in [0.05, 0.1) is 0 Å². The van der Waals surface area contributed by atoms with E-state index in [1.807, 2.05) is 0 Å². The van der Waals surface area contributed by atoms with E-state index in [2.05, 4.69) is 0 Å². The second-order valence-corrected chi connectivity index (χ2v) is 12.1. The van der Waals surface area contributed by atoms with Gasteiger partial charge in [-0.25, -0.2) is 0 Å². The van der Waals surface area contributed by atoms with E-state index in [4.69, 9.17) is 0 Å². The number of rotatable bonds is 2. The summed E-state index contributed by atoms with van der Waals surface area (Å²) in [7, 11) is 0. The van der Waals surface area contributed by atoms with Crippen molar-refractivity contribution in [2.45, 2.75) is 16.8 Å². The summed E-state index contributed by atoms with van der Waals surface area (Å²) in [4.78, 5) is 20.6. The summed E-state index contributed by atoms with van der Waals surface area (Å²) in [6, 6.07) is 0. The molecule has 0 spiro atoms. The first-order valence-corrected chi connectivity index (χ1v) is 12.2. The van der Waals surface area contributed by atoms with Gasteiger partial charge in [-0.05, 0) is 0 Å². The molecule has 0 amide bonds. The van der Waals surface area contributed by atoms with Crippen molar-refractivity contribution in [2.24, 2.45) is 0 Å². The average Bonchev–Trinajstić information content (AvgIpc) is 1.97. The van der Waals surface area contributed by atoms with Gasteiger partial charge in [0.25, 0.3) is 0 Å². The van der Waals surface area contributed by atoms with Crippen molar-refractivity contribution in [3.8, 4) is 0 Å². The van der Waals surface area contributed by atoms with Crippen LogP contribution in [0.1, 0.15) is 0 Å². The Bertz CT molecular complexity index is 228. The minimum absolute atomic E-state index is 0.492. The molecule has 14 heavy (non-hydrogen) atoms. The Labute approximate surface area is 82.4 Å². The molecule has 80 valence electrons. The van der Waals surface area contributed by atoms with Crippen LogP contribution in [0.15, 0.2) is 0 Å². The predicted octanol–water partition coefficient (Wildman–Crippen LogP) is 1.45. The summed E-state index contributed by atoms with van der Waals surface area (Å²) in [5.41, 5.74) is 0. The summed E-state index contributed by atoms with van der Waals surface area (Å²) in [5.74, 6) is 0. The Balaban J connectivity index is 4.74. The van der Waals surface area contributed by atoms with Gasteiger partial charge < -0.3 is 0 Å². The van der Waals surface area contributed by atoms with E-state index in [-0.39, 0.29) is 0 Å². The first-order valence-electron chi connectivity index (χ1n) is 3.20. The number of hydrogen-bond acceptors (Lipinski definition) is 2. The quantitative estimate of drug-likeness (QED) is 0.507. The van der Waals surface area contributed by atoms with Gasteiger partial charge in [0.15, 0.2) is 0 Å². The number of hydrogen-bond donors (Lipinski definition) is 0. The maximum absolute atomic E-state index is 11.6. The fourth-order valence-corrected chi connectivity index (χ4v) is 5.35. The number of alkyl halides is 6. The molecule has 0 unspecified atom stereocenters. The van der Waals surface area contributed by atoms with E-state index in [0.717, 1.165) is 0 Å². The van der Waals surface area contributed by atoms with Crippen LogP contribution in [-0.2, 0) is 9.59 Å². The van der Waals surface area contributed by atoms with E-state index in [1.54, 1.807) is 0 Å². The van der Waals surface area contributed by atoms with Crippen molar-refractivity contribution in [3.05, 3.63) is 0 Å². The zero-order valence-corrected chi connectivity index (χ0v) is 11.2. The number of carbonyl (C=O) groups excluding carboxylic acids is 2. The Morgan fingerprint density at radius 2 is 1.07 bits per heavy atom. The van der Waals surface area contributed by atoms with Crippen LogP contribution in [-0.4, -0.2) is 41.7 Å². The molecule has 9 heteroatoms. The fourth-order valence-electron chi connectivity index (χ4n) is 0.610. The van der Waals surface area contributed by atoms with Gasteiger partial charge in [-0.15, -0.1) is 0 Å². The predicted molar refractivity (Wildman–Crippen MR) is 33.7 cm³/mol. The average molecular weight is 413 g/mol. The molecule has 0 radical (unpaired) electrons. The van der Waals surface area contributed by atoms with E-state index in [9.17, 15) is 35.9 Å². The van der Waals surface area contributed by atoms with Crippen LogP contribution < -0.4 is 0 Å². The molecular weight excluding hydrogens is 410 g/mol. The third-order valence-electron chi connectivity index (χ3n) is 1.35. The Morgan fingerprint density at radius 3 is 1.21 bits per heavy atom. The topological polar surface area (TPSA) is 34.1 Å². The van der Waals surface area contributed by atoms with Gasteiger partial charge in [0.1, 0.15) is 0 Å². The molecular formula is C5H3F6O2Tl. The minimum atomic E-state index is -5.33. The summed E-state index contributed by atoms with van der Waals surface area (Å²) in [6.45, 7) is 0. The van der Waals surface area contributed by atoms with Crippen LogP contribution in [0.4, 0.5) is 26.3 Å². The van der Waals surface area contributed by atoms with Gasteiger partial charge in [0, 0.05) is 0 Å². The molecule has 0 aliphatic rings. The molecule has 0 saturated heterocycles. The second-order valence-electron chi connectivity index (χ2n) is 2.45. The fraction of sp³-hybridized carbons (Fsp3) is 0.600. The summed E-state index contributed by atoms with van der Waals surface area (Å²) in [5, 5.41) is 0. The summed E-state index contributed by atoms with van der Waals surface area (Å²) in [6.07, 6.45) is -10.7. The molecule has 0 fully saturated rings. The molecule has 0 bridgehead atoms. The van der Waals surface area contributed by atoms with E-state index in [0.29, 0.717) is 4.48 Å². The summed E-state index contributed by atoms with van der Waals surface area (Å²) >= 11 is -5.02. The first kappa shape index (κ1) is 13.8. The van der Waals surface area contributed by atoms with Gasteiger partial charge in [-0.2, -0.15) is 0 Å². The first-order chi connectivity index (χ1) is 5.98. The molecule has 0 aromatic carbocycles. The van der Waals surface area contributed by atoms with Gasteiger partial charge >= 0.3 is 82.2 Å². The normalized spacial score (nSPS) is 12.5. The van der Waals surface area contributed by atoms with Crippen LogP contribution in [0.25, 0.3) is 0 Å². The second kappa shape index (κ2) is 4.15. The molecule has 0 aromatic heterocycles. The zero-order chi connectivity index (χ0) is 11.7. The third kappa shape index (κ3) is 3.54. The monoisotopic (exact) mass is 414 g/mol. The molecule has 0 saturated carbocycles. The standard InChI is InChI=1S/2C2F3O.CH3.Tl/c2*3-2(4,5)1-6;;/h;;1H3;. The Hall–Kier alpha value is -0.158. The molecule has 0 aliphatic carbocycles. The molecule has 2 nitrogen and oxygen atoms in total. The van der Waals surface area contributed by atoms with Gasteiger partial charge in [0.2, 0.25) is 0 Å². The molecule has 0 N–H and O–H groups in total. The van der Waals surface area contributed by atoms with Crippen LogP contribution in [0.2, 0.25) is 4.48 Å². The molecule has 0 aliphatic heterocycles. The SMILES string of the molecule is [CH3][Tl]([C](=O)C(F)(F)F)[C](=O)C(F)(F)F. The molecule has 0 aromatic rings. The number of halogens is 6. The van der Waals surface area contributed by atoms with E-state index in [1.165, 1.54) is 0 Å². The zero-order valence-electron chi connectivity index (χ0n) is 6.66. The number of carbonyl (C=O) groups is 2. The molecule has 0 rings (SSSR count). The van der Waals surface area contributed by atoms with E-state index >= 15 is 0 Å². The maximum atomic E-state index is 11.6. The van der Waals surface area contributed by atoms with E-state index < -0.39 is 41.7 Å². The van der Waals surface area contributed by atoms with Crippen molar-refractivity contribution >= 4 is 29.4 Å². The van der Waals surface area contributed by atoms with Crippen molar-refractivity contribution in [2.75, 3.05) is 0 Å². The van der Waals surface area contributed by atoms with Crippen molar-refractivity contribution in [3.63, 3.8) is 0 Å². The van der Waals surface area contributed by atoms with Crippen molar-refractivity contribution < 1.29 is 35.9 Å². The van der Waals surface area contributed by atoms with Crippen molar-refractivity contribution in [1.82, 2.24) is 0 Å². The van der Waals surface area contributed by atoms with Crippen molar-refractivity contribution in [1.29, 1.82) is 0 Å². The third-order valence-corrected chi connectivity index (χ3v) is 10.0. The van der Waals surface area contributed by atoms with Crippen LogP contribution in [0.3, 0.4) is 0 Å². The molecule has 0 atom stereocenters. The summed E-state index contributed by atoms with van der Waals surface area (Å²) < 4.78 is 65.4.